The van der Waals surface area contributed by atoms with E-state index in [-0.39, 0.29) is 0 Å². The molecule has 3 heteroatoms. The summed E-state index contributed by atoms with van der Waals surface area (Å²) < 4.78 is 0. The Kier molecular flexibility index (Phi) is 4.67. The number of hydrogen-bond acceptors (Lipinski definition) is 3. The molecule has 0 amide bonds. The van der Waals surface area contributed by atoms with Gasteiger partial charge in [0, 0.05) is 24.0 Å². The van der Waals surface area contributed by atoms with E-state index in [0.717, 1.165) is 17.5 Å². The van der Waals surface area contributed by atoms with Gasteiger partial charge in [-0.2, -0.15) is 11.8 Å². The zero-order valence-electron chi connectivity index (χ0n) is 9.86. The number of hydrogen-bond donors (Lipinski definition) is 1. The third kappa shape index (κ3) is 3.49. The summed E-state index contributed by atoms with van der Waals surface area (Å²) in [4.78, 5) is 4.33. The molecular weight excluding hydrogens is 216 g/mol. The second-order valence-corrected chi connectivity index (χ2v) is 5.55. The fraction of sp³-hybridized carbons (Fsp3) is 0.615. The summed E-state index contributed by atoms with van der Waals surface area (Å²) in [5.74, 6) is 0. The van der Waals surface area contributed by atoms with Crippen LogP contribution in [0.5, 0.6) is 0 Å². The van der Waals surface area contributed by atoms with Gasteiger partial charge in [0.05, 0.1) is 5.69 Å². The molecule has 1 heterocycles. The van der Waals surface area contributed by atoms with Crippen LogP contribution in [0, 0.1) is 0 Å². The van der Waals surface area contributed by atoms with Crippen LogP contribution in [0.1, 0.15) is 31.4 Å². The van der Waals surface area contributed by atoms with E-state index in [4.69, 9.17) is 0 Å². The monoisotopic (exact) mass is 236 g/mol. The highest BCUT2D eigenvalue weighted by Crippen LogP contribution is 2.26. The van der Waals surface area contributed by atoms with Gasteiger partial charge in [0.25, 0.3) is 0 Å². The summed E-state index contributed by atoms with van der Waals surface area (Å²) in [5.41, 5.74) is 1.15. The van der Waals surface area contributed by atoms with Crippen molar-refractivity contribution in [3.63, 3.8) is 0 Å². The summed E-state index contributed by atoms with van der Waals surface area (Å²) >= 11 is 2.02. The maximum absolute atomic E-state index is 4.33. The maximum atomic E-state index is 4.33. The number of aromatic nitrogens is 1. The summed E-state index contributed by atoms with van der Waals surface area (Å²) in [7, 11) is 0. The highest BCUT2D eigenvalue weighted by Gasteiger charge is 2.19. The van der Waals surface area contributed by atoms with Crippen molar-refractivity contribution in [1.82, 2.24) is 10.3 Å². The molecule has 1 saturated carbocycles. The van der Waals surface area contributed by atoms with Crippen LogP contribution < -0.4 is 5.32 Å². The van der Waals surface area contributed by atoms with Crippen molar-refractivity contribution in [3.05, 3.63) is 30.1 Å². The van der Waals surface area contributed by atoms with Crippen molar-refractivity contribution in [3.8, 4) is 0 Å². The van der Waals surface area contributed by atoms with Crippen LogP contribution in [0.15, 0.2) is 24.4 Å². The Morgan fingerprint density at radius 3 is 2.75 bits per heavy atom. The van der Waals surface area contributed by atoms with Gasteiger partial charge in [0.2, 0.25) is 0 Å². The van der Waals surface area contributed by atoms with Gasteiger partial charge in [-0.05, 0) is 44.1 Å². The Labute approximate surface area is 102 Å². The molecular formula is C13H20N2S. The minimum absolute atomic E-state index is 0.699. The second kappa shape index (κ2) is 6.26. The lowest BCUT2D eigenvalue weighted by molar-refractivity contribution is 0.377. The Hall–Kier alpha value is -0.540. The molecule has 1 fully saturated rings. The van der Waals surface area contributed by atoms with Crippen LogP contribution in [-0.2, 0) is 6.54 Å². The second-order valence-electron chi connectivity index (χ2n) is 4.41. The lowest BCUT2D eigenvalue weighted by Crippen LogP contribution is -2.33. The van der Waals surface area contributed by atoms with Crippen molar-refractivity contribution in [1.29, 1.82) is 0 Å². The molecule has 0 spiro atoms. The molecule has 1 aliphatic rings. The van der Waals surface area contributed by atoms with E-state index in [1.165, 1.54) is 25.7 Å². The van der Waals surface area contributed by atoms with E-state index in [2.05, 4.69) is 28.7 Å². The van der Waals surface area contributed by atoms with Gasteiger partial charge in [0.15, 0.2) is 0 Å². The van der Waals surface area contributed by atoms with Crippen molar-refractivity contribution in [2.45, 2.75) is 43.5 Å². The SMILES string of the molecule is CSC1CCC(NCc2ccccn2)CC1. The molecule has 0 aromatic carbocycles. The van der Waals surface area contributed by atoms with Gasteiger partial charge < -0.3 is 5.32 Å². The highest BCUT2D eigenvalue weighted by molar-refractivity contribution is 7.99. The third-order valence-electron chi connectivity index (χ3n) is 3.31. The fourth-order valence-electron chi connectivity index (χ4n) is 2.25. The molecule has 2 nitrogen and oxygen atoms in total. The molecule has 1 aliphatic carbocycles. The standard InChI is InChI=1S/C13H20N2S/c1-16-13-7-5-11(6-8-13)15-10-12-4-2-3-9-14-12/h2-4,9,11,13,15H,5-8,10H2,1H3. The predicted octanol–water partition coefficient (Wildman–Crippen LogP) is 2.85. The molecule has 0 aliphatic heterocycles. The van der Waals surface area contributed by atoms with Crippen LogP contribution in [0.4, 0.5) is 0 Å². The van der Waals surface area contributed by atoms with E-state index < -0.39 is 0 Å². The van der Waals surface area contributed by atoms with E-state index in [9.17, 15) is 0 Å². The van der Waals surface area contributed by atoms with Gasteiger partial charge in [0.1, 0.15) is 0 Å². The Balaban J connectivity index is 1.72. The quantitative estimate of drug-likeness (QED) is 0.870. The van der Waals surface area contributed by atoms with E-state index in [1.807, 2.05) is 24.0 Å². The molecule has 0 bridgehead atoms. The van der Waals surface area contributed by atoms with E-state index in [1.54, 1.807) is 0 Å². The average molecular weight is 236 g/mol. The summed E-state index contributed by atoms with van der Waals surface area (Å²) in [6, 6.07) is 6.80. The number of thioether (sulfide) groups is 1. The molecule has 0 radical (unpaired) electrons. The summed E-state index contributed by atoms with van der Waals surface area (Å²) in [5, 5.41) is 4.51. The lowest BCUT2D eigenvalue weighted by Gasteiger charge is -2.28. The van der Waals surface area contributed by atoms with Crippen LogP contribution in [0.25, 0.3) is 0 Å². The molecule has 1 N–H and O–H groups in total. The number of nitrogens with one attached hydrogen (secondary N) is 1. The van der Waals surface area contributed by atoms with Crippen LogP contribution in [0.2, 0.25) is 0 Å². The first-order valence-electron chi connectivity index (χ1n) is 6.04. The van der Waals surface area contributed by atoms with E-state index >= 15 is 0 Å². The zero-order chi connectivity index (χ0) is 11.2. The predicted molar refractivity (Wildman–Crippen MR) is 70.6 cm³/mol. The number of pyridine rings is 1. The minimum Gasteiger partial charge on any atom is -0.308 e. The first-order chi connectivity index (χ1) is 7.88. The van der Waals surface area contributed by atoms with Gasteiger partial charge >= 0.3 is 0 Å². The van der Waals surface area contributed by atoms with Crippen molar-refractivity contribution in [2.24, 2.45) is 0 Å². The molecule has 88 valence electrons. The van der Waals surface area contributed by atoms with Crippen LogP contribution >= 0.6 is 11.8 Å². The molecule has 16 heavy (non-hydrogen) atoms. The average Bonchev–Trinajstić information content (AvgIpc) is 2.38. The lowest BCUT2D eigenvalue weighted by atomic mass is 9.95. The van der Waals surface area contributed by atoms with Crippen LogP contribution in [-0.4, -0.2) is 22.5 Å². The smallest absolute Gasteiger partial charge is 0.0541 e. The topological polar surface area (TPSA) is 24.9 Å². The van der Waals surface area contributed by atoms with Crippen molar-refractivity contribution < 1.29 is 0 Å². The molecule has 1 aromatic heterocycles. The van der Waals surface area contributed by atoms with Crippen molar-refractivity contribution in [2.75, 3.05) is 6.26 Å². The number of rotatable bonds is 4. The molecule has 2 rings (SSSR count). The highest BCUT2D eigenvalue weighted by atomic mass is 32.2. The Morgan fingerprint density at radius 1 is 1.31 bits per heavy atom. The van der Waals surface area contributed by atoms with Gasteiger partial charge in [-0.1, -0.05) is 6.07 Å². The Morgan fingerprint density at radius 2 is 2.12 bits per heavy atom. The maximum Gasteiger partial charge on any atom is 0.0541 e. The normalized spacial score (nSPS) is 25.6. The van der Waals surface area contributed by atoms with Gasteiger partial charge in [-0.25, -0.2) is 0 Å². The fourth-order valence-corrected chi connectivity index (χ4v) is 3.00. The largest absolute Gasteiger partial charge is 0.308 e. The van der Waals surface area contributed by atoms with Gasteiger partial charge in [-0.15, -0.1) is 0 Å². The summed E-state index contributed by atoms with van der Waals surface area (Å²) in [6.45, 7) is 0.912. The first-order valence-corrected chi connectivity index (χ1v) is 7.33. The van der Waals surface area contributed by atoms with E-state index in [0.29, 0.717) is 6.04 Å². The molecule has 0 atom stereocenters. The minimum atomic E-state index is 0.699. The zero-order valence-corrected chi connectivity index (χ0v) is 10.7. The molecule has 1 aromatic rings. The third-order valence-corrected chi connectivity index (χ3v) is 4.44. The van der Waals surface area contributed by atoms with Crippen molar-refractivity contribution >= 4 is 11.8 Å². The summed E-state index contributed by atoms with van der Waals surface area (Å²) in [6.07, 6.45) is 9.45. The first kappa shape index (κ1) is 11.9. The number of nitrogens with zero attached hydrogens (tertiary/aromatic N) is 1. The van der Waals surface area contributed by atoms with Crippen LogP contribution in [0.3, 0.4) is 0 Å². The molecule has 0 saturated heterocycles. The van der Waals surface area contributed by atoms with Gasteiger partial charge in [-0.3, -0.25) is 4.98 Å². The Bertz CT molecular complexity index is 294. The molecule has 0 unspecified atom stereocenters.